The minimum atomic E-state index is 0.162. The molecule has 1 amide bonds. The van der Waals surface area contributed by atoms with E-state index < -0.39 is 0 Å². The van der Waals surface area contributed by atoms with Gasteiger partial charge in [-0.2, -0.15) is 0 Å². The summed E-state index contributed by atoms with van der Waals surface area (Å²) in [7, 11) is 2.10. The van der Waals surface area contributed by atoms with Crippen molar-refractivity contribution >= 4 is 5.91 Å². The fourth-order valence-corrected chi connectivity index (χ4v) is 2.83. The maximum atomic E-state index is 12.6. The molecule has 102 valence electrons. The van der Waals surface area contributed by atoms with Crippen LogP contribution in [0.5, 0.6) is 5.75 Å². The van der Waals surface area contributed by atoms with E-state index in [0.29, 0.717) is 6.61 Å². The van der Waals surface area contributed by atoms with E-state index in [4.69, 9.17) is 4.74 Å². The van der Waals surface area contributed by atoms with Gasteiger partial charge in [-0.05, 0) is 25.6 Å². The Morgan fingerprint density at radius 3 is 2.68 bits per heavy atom. The highest BCUT2D eigenvalue weighted by molar-refractivity contribution is 5.96. The lowest BCUT2D eigenvalue weighted by Gasteiger charge is -2.32. The number of hydrogen-bond acceptors (Lipinski definition) is 3. The average Bonchev–Trinajstić information content (AvgIpc) is 2.89. The molecule has 0 radical (unpaired) electrons. The van der Waals surface area contributed by atoms with E-state index in [2.05, 4.69) is 11.9 Å². The molecule has 19 heavy (non-hydrogen) atoms. The average molecular weight is 260 g/mol. The Hall–Kier alpha value is -1.55. The van der Waals surface area contributed by atoms with Crippen LogP contribution in [0.15, 0.2) is 12.1 Å². The number of benzene rings is 1. The van der Waals surface area contributed by atoms with Gasteiger partial charge in [-0.25, -0.2) is 0 Å². The number of piperazine rings is 1. The van der Waals surface area contributed by atoms with Gasteiger partial charge in [-0.1, -0.05) is 6.07 Å². The van der Waals surface area contributed by atoms with Crippen molar-refractivity contribution in [1.82, 2.24) is 9.80 Å². The van der Waals surface area contributed by atoms with Crippen LogP contribution in [0.2, 0.25) is 0 Å². The van der Waals surface area contributed by atoms with Crippen molar-refractivity contribution < 1.29 is 9.53 Å². The van der Waals surface area contributed by atoms with Crippen molar-refractivity contribution in [1.29, 1.82) is 0 Å². The molecular weight excluding hydrogens is 240 g/mol. The van der Waals surface area contributed by atoms with E-state index in [9.17, 15) is 4.79 Å². The molecule has 1 aromatic carbocycles. The fraction of sp³-hybridized carbons (Fsp3) is 0.533. The minimum Gasteiger partial charge on any atom is -0.493 e. The van der Waals surface area contributed by atoms with Crippen molar-refractivity contribution in [3.05, 3.63) is 28.8 Å². The maximum Gasteiger partial charge on any atom is 0.254 e. The summed E-state index contributed by atoms with van der Waals surface area (Å²) in [5.41, 5.74) is 3.06. The van der Waals surface area contributed by atoms with Crippen LogP contribution < -0.4 is 4.74 Å². The molecule has 0 atom stereocenters. The lowest BCUT2D eigenvalue weighted by atomic mass is 10.0. The summed E-state index contributed by atoms with van der Waals surface area (Å²) >= 11 is 0. The van der Waals surface area contributed by atoms with Crippen molar-refractivity contribution in [3.8, 4) is 5.75 Å². The second kappa shape index (κ2) is 4.85. The van der Waals surface area contributed by atoms with Crippen molar-refractivity contribution in [2.45, 2.75) is 13.3 Å². The van der Waals surface area contributed by atoms with Gasteiger partial charge in [0, 0.05) is 43.7 Å². The molecule has 0 bridgehead atoms. The molecule has 3 rings (SSSR count). The molecule has 0 saturated carbocycles. The minimum absolute atomic E-state index is 0.162. The highest BCUT2D eigenvalue weighted by atomic mass is 16.5. The van der Waals surface area contributed by atoms with Crippen LogP contribution in [0.3, 0.4) is 0 Å². The van der Waals surface area contributed by atoms with Crippen LogP contribution in [0.1, 0.15) is 21.5 Å². The van der Waals surface area contributed by atoms with Crippen LogP contribution in [-0.4, -0.2) is 55.5 Å². The van der Waals surface area contributed by atoms with Gasteiger partial charge in [0.1, 0.15) is 5.75 Å². The number of likely N-dealkylation sites (N-methyl/N-ethyl adjacent to an activating group) is 1. The van der Waals surface area contributed by atoms with E-state index in [1.807, 2.05) is 24.0 Å². The van der Waals surface area contributed by atoms with Crippen LogP contribution in [0.4, 0.5) is 0 Å². The largest absolute Gasteiger partial charge is 0.493 e. The summed E-state index contributed by atoms with van der Waals surface area (Å²) in [6, 6.07) is 3.96. The summed E-state index contributed by atoms with van der Waals surface area (Å²) in [4.78, 5) is 16.8. The molecule has 2 heterocycles. The Labute approximate surface area is 113 Å². The summed E-state index contributed by atoms with van der Waals surface area (Å²) in [5.74, 6) is 1.09. The smallest absolute Gasteiger partial charge is 0.254 e. The summed E-state index contributed by atoms with van der Waals surface area (Å²) in [5, 5.41) is 0. The Bertz CT molecular complexity index is 505. The second-order valence-electron chi connectivity index (χ2n) is 5.43. The van der Waals surface area contributed by atoms with Gasteiger partial charge >= 0.3 is 0 Å². The quantitative estimate of drug-likeness (QED) is 0.763. The molecule has 0 aromatic heterocycles. The van der Waals surface area contributed by atoms with Crippen LogP contribution in [-0.2, 0) is 6.42 Å². The molecule has 1 fully saturated rings. The van der Waals surface area contributed by atoms with Crippen LogP contribution >= 0.6 is 0 Å². The zero-order valence-electron chi connectivity index (χ0n) is 11.6. The molecule has 1 saturated heterocycles. The lowest BCUT2D eigenvalue weighted by Crippen LogP contribution is -2.47. The Kier molecular flexibility index (Phi) is 3.19. The SMILES string of the molecule is Cc1ccc(C(=O)N2CCN(C)CC2)c2c1OCC2. The van der Waals surface area contributed by atoms with E-state index in [1.54, 1.807) is 0 Å². The van der Waals surface area contributed by atoms with Gasteiger partial charge in [-0.3, -0.25) is 4.79 Å². The van der Waals surface area contributed by atoms with Gasteiger partial charge in [0.2, 0.25) is 0 Å². The number of carbonyl (C=O) groups is 1. The standard InChI is InChI=1S/C15H20N2O2/c1-11-3-4-13(12-5-10-19-14(11)12)15(18)17-8-6-16(2)7-9-17/h3-4H,5-10H2,1-2H3. The predicted molar refractivity (Wildman–Crippen MR) is 73.8 cm³/mol. The number of hydrogen-bond donors (Lipinski definition) is 0. The topological polar surface area (TPSA) is 32.8 Å². The van der Waals surface area contributed by atoms with Gasteiger partial charge in [0.15, 0.2) is 0 Å². The number of aryl methyl sites for hydroxylation is 1. The molecule has 4 heteroatoms. The third kappa shape index (κ3) is 2.21. The van der Waals surface area contributed by atoms with E-state index >= 15 is 0 Å². The third-order valence-electron chi connectivity index (χ3n) is 4.08. The van der Waals surface area contributed by atoms with Gasteiger partial charge < -0.3 is 14.5 Å². The molecule has 0 spiro atoms. The van der Waals surface area contributed by atoms with Gasteiger partial charge in [0.05, 0.1) is 6.61 Å². The number of nitrogens with zero attached hydrogens (tertiary/aromatic N) is 2. The van der Waals surface area contributed by atoms with Gasteiger partial charge in [-0.15, -0.1) is 0 Å². The molecule has 2 aliphatic rings. The summed E-state index contributed by atoms with van der Waals surface area (Å²) in [6.45, 7) is 6.28. The fourth-order valence-electron chi connectivity index (χ4n) is 2.83. The number of ether oxygens (including phenoxy) is 1. The lowest BCUT2D eigenvalue weighted by molar-refractivity contribution is 0.0663. The first-order valence-electron chi connectivity index (χ1n) is 6.90. The normalized spacial score (nSPS) is 19.2. The van der Waals surface area contributed by atoms with Crippen molar-refractivity contribution in [2.75, 3.05) is 39.8 Å². The van der Waals surface area contributed by atoms with Crippen LogP contribution in [0.25, 0.3) is 0 Å². The summed E-state index contributed by atoms with van der Waals surface area (Å²) in [6.07, 6.45) is 0.853. The zero-order chi connectivity index (χ0) is 13.4. The number of fused-ring (bicyclic) bond motifs is 1. The monoisotopic (exact) mass is 260 g/mol. The highest BCUT2D eigenvalue weighted by Gasteiger charge is 2.26. The predicted octanol–water partition coefficient (Wildman–Crippen LogP) is 1.32. The molecular formula is C15H20N2O2. The van der Waals surface area contributed by atoms with Crippen LogP contribution in [0, 0.1) is 6.92 Å². The zero-order valence-corrected chi connectivity index (χ0v) is 11.6. The van der Waals surface area contributed by atoms with E-state index in [0.717, 1.165) is 55.0 Å². The third-order valence-corrected chi connectivity index (χ3v) is 4.08. The first-order chi connectivity index (χ1) is 9.16. The highest BCUT2D eigenvalue weighted by Crippen LogP contribution is 2.32. The number of amides is 1. The Morgan fingerprint density at radius 2 is 1.95 bits per heavy atom. The Morgan fingerprint density at radius 1 is 1.21 bits per heavy atom. The van der Waals surface area contributed by atoms with Crippen molar-refractivity contribution in [3.63, 3.8) is 0 Å². The first-order valence-corrected chi connectivity index (χ1v) is 6.90. The van der Waals surface area contributed by atoms with E-state index in [-0.39, 0.29) is 5.91 Å². The molecule has 4 nitrogen and oxygen atoms in total. The second-order valence-corrected chi connectivity index (χ2v) is 5.43. The molecule has 0 unspecified atom stereocenters. The maximum absolute atomic E-state index is 12.6. The molecule has 1 aromatic rings. The Balaban J connectivity index is 1.87. The molecule has 0 aliphatic carbocycles. The number of carbonyl (C=O) groups excluding carboxylic acids is 1. The van der Waals surface area contributed by atoms with Crippen molar-refractivity contribution in [2.24, 2.45) is 0 Å². The summed E-state index contributed by atoms with van der Waals surface area (Å²) < 4.78 is 5.65. The number of rotatable bonds is 1. The molecule has 2 aliphatic heterocycles. The van der Waals surface area contributed by atoms with E-state index in [1.165, 1.54) is 0 Å². The molecule has 0 N–H and O–H groups in total. The van der Waals surface area contributed by atoms with Gasteiger partial charge in [0.25, 0.3) is 5.91 Å². The first kappa shape index (κ1) is 12.5.